The Morgan fingerprint density at radius 1 is 1.15 bits per heavy atom. The van der Waals surface area contributed by atoms with Crippen LogP contribution >= 0.6 is 45.3 Å². The summed E-state index contributed by atoms with van der Waals surface area (Å²) in [5.41, 5.74) is 1.29. The lowest BCUT2D eigenvalue weighted by Crippen LogP contribution is -1.65. The van der Waals surface area contributed by atoms with Crippen LogP contribution in [0.5, 0.6) is 0 Å². The van der Waals surface area contributed by atoms with E-state index in [0.29, 0.717) is 0 Å². The minimum absolute atomic E-state index is 1.29. The molecule has 0 unspecified atom stereocenters. The van der Waals surface area contributed by atoms with E-state index in [0.717, 1.165) is 0 Å². The minimum atomic E-state index is 1.29. The second-order valence-corrected chi connectivity index (χ2v) is 5.41. The molecule has 2 aromatic heterocycles. The fourth-order valence-corrected chi connectivity index (χ4v) is 3.26. The number of halogens is 1. The van der Waals surface area contributed by atoms with Crippen LogP contribution in [-0.2, 0) is 0 Å². The summed E-state index contributed by atoms with van der Waals surface area (Å²) in [5.74, 6) is 0. The molecule has 0 radical (unpaired) electrons. The highest BCUT2D eigenvalue weighted by Gasteiger charge is 1.95. The van der Waals surface area contributed by atoms with Crippen LogP contribution in [0, 0.1) is 3.57 Å². The van der Waals surface area contributed by atoms with Crippen LogP contribution in [-0.4, -0.2) is 0 Å². The van der Waals surface area contributed by atoms with Crippen molar-refractivity contribution in [3.05, 3.63) is 42.3 Å². The van der Waals surface area contributed by atoms with Gasteiger partial charge in [-0.3, -0.25) is 0 Å². The van der Waals surface area contributed by atoms with Crippen molar-refractivity contribution in [1.29, 1.82) is 0 Å². The average molecular weight is 318 g/mol. The summed E-state index contributed by atoms with van der Waals surface area (Å²) in [6, 6.07) is 4.26. The standard InChI is InChI=1S/C10H7IS2/c11-9-4-6-13-10(9)2-1-8-3-5-12-7-8/h1-7H/b2-1+. The van der Waals surface area contributed by atoms with Gasteiger partial charge in [0.1, 0.15) is 0 Å². The van der Waals surface area contributed by atoms with Gasteiger partial charge in [-0.2, -0.15) is 11.3 Å². The van der Waals surface area contributed by atoms with Gasteiger partial charge in [-0.25, -0.2) is 0 Å². The van der Waals surface area contributed by atoms with Gasteiger partial charge in [-0.15, -0.1) is 11.3 Å². The third-order valence-corrected chi connectivity index (χ3v) is 4.51. The van der Waals surface area contributed by atoms with Gasteiger partial charge in [0.2, 0.25) is 0 Å². The van der Waals surface area contributed by atoms with Gasteiger partial charge in [0.05, 0.1) is 0 Å². The molecule has 0 aliphatic heterocycles. The second kappa shape index (κ2) is 4.39. The SMILES string of the molecule is Ic1ccsc1/C=C/c1ccsc1. The first-order valence-electron chi connectivity index (χ1n) is 3.79. The van der Waals surface area contributed by atoms with Gasteiger partial charge in [-0.1, -0.05) is 6.08 Å². The number of rotatable bonds is 2. The van der Waals surface area contributed by atoms with Gasteiger partial charge < -0.3 is 0 Å². The number of hydrogen-bond donors (Lipinski definition) is 0. The van der Waals surface area contributed by atoms with Crippen molar-refractivity contribution < 1.29 is 0 Å². The van der Waals surface area contributed by atoms with Crippen molar-refractivity contribution in [1.82, 2.24) is 0 Å². The Balaban J connectivity index is 2.19. The van der Waals surface area contributed by atoms with E-state index in [9.17, 15) is 0 Å². The molecule has 0 saturated heterocycles. The summed E-state index contributed by atoms with van der Waals surface area (Å²) < 4.78 is 1.33. The molecule has 0 saturated carbocycles. The smallest absolute Gasteiger partial charge is 0.0404 e. The molecule has 0 aliphatic carbocycles. The van der Waals surface area contributed by atoms with Crippen molar-refractivity contribution in [2.45, 2.75) is 0 Å². The van der Waals surface area contributed by atoms with Crippen LogP contribution in [0.3, 0.4) is 0 Å². The van der Waals surface area contributed by atoms with Crippen LogP contribution < -0.4 is 0 Å². The molecule has 2 aromatic rings. The summed E-state index contributed by atoms with van der Waals surface area (Å²) >= 11 is 5.87. The Bertz CT molecular complexity index is 398. The Morgan fingerprint density at radius 3 is 2.69 bits per heavy atom. The zero-order chi connectivity index (χ0) is 9.10. The molecule has 2 rings (SSSR count). The van der Waals surface area contributed by atoms with Crippen LogP contribution in [0.15, 0.2) is 28.3 Å². The number of thiophene rings is 2. The second-order valence-electron chi connectivity index (χ2n) is 2.52. The maximum Gasteiger partial charge on any atom is 0.0404 e. The molecule has 0 spiro atoms. The molecule has 0 nitrogen and oxygen atoms in total. The van der Waals surface area contributed by atoms with Gasteiger partial charge >= 0.3 is 0 Å². The van der Waals surface area contributed by atoms with E-state index in [-0.39, 0.29) is 0 Å². The molecule has 0 N–H and O–H groups in total. The Kier molecular flexibility index (Phi) is 3.18. The Morgan fingerprint density at radius 2 is 2.08 bits per heavy atom. The molecular formula is C10H7IS2. The normalized spacial score (nSPS) is 11.2. The van der Waals surface area contributed by atoms with Crippen molar-refractivity contribution in [3.63, 3.8) is 0 Å². The van der Waals surface area contributed by atoms with E-state index in [1.54, 1.807) is 22.7 Å². The lowest BCUT2D eigenvalue weighted by atomic mass is 10.3. The molecule has 0 bridgehead atoms. The van der Waals surface area contributed by atoms with Crippen LogP contribution in [0.25, 0.3) is 12.2 Å². The fraction of sp³-hybridized carbons (Fsp3) is 0. The first-order chi connectivity index (χ1) is 6.36. The highest BCUT2D eigenvalue weighted by molar-refractivity contribution is 14.1. The Hall–Kier alpha value is -0.130. The maximum absolute atomic E-state index is 2.36. The van der Waals surface area contributed by atoms with Crippen molar-refractivity contribution in [2.24, 2.45) is 0 Å². The summed E-state index contributed by atoms with van der Waals surface area (Å²) in [6.45, 7) is 0. The average Bonchev–Trinajstić information content (AvgIpc) is 2.72. The predicted octanol–water partition coefficient (Wildman–Crippen LogP) is 4.58. The van der Waals surface area contributed by atoms with Gasteiger partial charge in [-0.05, 0) is 62.5 Å². The largest absolute Gasteiger partial charge is 0.152 e. The summed E-state index contributed by atoms with van der Waals surface area (Å²) in [4.78, 5) is 1.34. The maximum atomic E-state index is 2.36. The molecule has 66 valence electrons. The molecule has 3 heteroatoms. The van der Waals surface area contributed by atoms with Gasteiger partial charge in [0, 0.05) is 8.45 Å². The Labute approximate surface area is 99.1 Å². The lowest BCUT2D eigenvalue weighted by molar-refractivity contribution is 1.82. The topological polar surface area (TPSA) is 0 Å². The monoisotopic (exact) mass is 318 g/mol. The van der Waals surface area contributed by atoms with E-state index in [1.165, 1.54) is 14.0 Å². The van der Waals surface area contributed by atoms with Crippen molar-refractivity contribution >= 4 is 57.4 Å². The third-order valence-electron chi connectivity index (χ3n) is 1.62. The van der Waals surface area contributed by atoms with E-state index >= 15 is 0 Å². The first-order valence-corrected chi connectivity index (χ1v) is 6.69. The first kappa shape index (κ1) is 9.43. The molecule has 0 amide bonds. The zero-order valence-corrected chi connectivity index (χ0v) is 10.5. The molecule has 13 heavy (non-hydrogen) atoms. The third kappa shape index (κ3) is 2.42. The molecule has 0 aromatic carbocycles. The quantitative estimate of drug-likeness (QED) is 0.711. The van der Waals surface area contributed by atoms with Crippen molar-refractivity contribution in [2.75, 3.05) is 0 Å². The van der Waals surface area contributed by atoms with E-state index in [2.05, 4.69) is 63.0 Å². The highest BCUT2D eigenvalue weighted by Crippen LogP contribution is 2.21. The lowest BCUT2D eigenvalue weighted by Gasteiger charge is -1.86. The van der Waals surface area contributed by atoms with Crippen molar-refractivity contribution in [3.8, 4) is 0 Å². The molecule has 0 atom stereocenters. The van der Waals surface area contributed by atoms with E-state index < -0.39 is 0 Å². The predicted molar refractivity (Wildman–Crippen MR) is 70.3 cm³/mol. The number of hydrogen-bond acceptors (Lipinski definition) is 2. The van der Waals surface area contributed by atoms with E-state index in [1.807, 2.05) is 0 Å². The van der Waals surface area contributed by atoms with Crippen LogP contribution in [0.1, 0.15) is 10.4 Å². The summed E-state index contributed by atoms with van der Waals surface area (Å²) in [5, 5.41) is 6.37. The minimum Gasteiger partial charge on any atom is -0.152 e. The molecule has 2 heterocycles. The fourth-order valence-electron chi connectivity index (χ4n) is 0.966. The molecule has 0 aliphatic rings. The zero-order valence-electron chi connectivity index (χ0n) is 6.74. The van der Waals surface area contributed by atoms with Crippen LogP contribution in [0.4, 0.5) is 0 Å². The highest BCUT2D eigenvalue weighted by atomic mass is 127. The molecular weight excluding hydrogens is 311 g/mol. The van der Waals surface area contributed by atoms with Crippen LogP contribution in [0.2, 0.25) is 0 Å². The molecule has 0 fully saturated rings. The van der Waals surface area contributed by atoms with Gasteiger partial charge in [0.25, 0.3) is 0 Å². The summed E-state index contributed by atoms with van der Waals surface area (Å²) in [7, 11) is 0. The summed E-state index contributed by atoms with van der Waals surface area (Å²) in [6.07, 6.45) is 4.33. The van der Waals surface area contributed by atoms with Gasteiger partial charge in [0.15, 0.2) is 0 Å². The van der Waals surface area contributed by atoms with E-state index in [4.69, 9.17) is 0 Å².